The zero-order valence-corrected chi connectivity index (χ0v) is 12.9. The number of nitrogens with one attached hydrogen (secondary N) is 1. The summed E-state index contributed by atoms with van der Waals surface area (Å²) in [4.78, 5) is 2.47. The summed E-state index contributed by atoms with van der Waals surface area (Å²) in [6, 6.07) is 8.90. The first-order chi connectivity index (χ1) is 9.31. The predicted octanol–water partition coefficient (Wildman–Crippen LogP) is 4.92. The topological polar surface area (TPSA) is 15.3 Å². The first-order valence-corrected chi connectivity index (χ1v) is 7.90. The van der Waals surface area contributed by atoms with Crippen molar-refractivity contribution in [3.63, 3.8) is 0 Å². The zero-order valence-electron chi connectivity index (χ0n) is 12.9. The van der Waals surface area contributed by atoms with Crippen molar-refractivity contribution in [3.8, 4) is 0 Å². The summed E-state index contributed by atoms with van der Waals surface area (Å²) in [5.74, 6) is 0. The first kappa shape index (κ1) is 15.9. The fourth-order valence-electron chi connectivity index (χ4n) is 2.31. The Kier molecular flexibility index (Phi) is 8.11. The van der Waals surface area contributed by atoms with E-state index in [1.807, 2.05) is 0 Å². The van der Waals surface area contributed by atoms with Gasteiger partial charge in [-0.1, -0.05) is 33.6 Å². The van der Waals surface area contributed by atoms with Crippen molar-refractivity contribution in [2.45, 2.75) is 52.9 Å². The Morgan fingerprint density at radius 2 is 1.47 bits per heavy atom. The summed E-state index contributed by atoms with van der Waals surface area (Å²) in [6.07, 6.45) is 6.26. The number of rotatable bonds is 10. The predicted molar refractivity (Wildman–Crippen MR) is 87.3 cm³/mol. The van der Waals surface area contributed by atoms with Crippen LogP contribution in [0.1, 0.15) is 52.9 Å². The molecule has 108 valence electrons. The lowest BCUT2D eigenvalue weighted by Gasteiger charge is -2.24. The van der Waals surface area contributed by atoms with Crippen molar-refractivity contribution in [3.05, 3.63) is 24.3 Å². The largest absolute Gasteiger partial charge is 0.385 e. The van der Waals surface area contributed by atoms with E-state index in [-0.39, 0.29) is 0 Å². The number of nitrogens with zero attached hydrogens (tertiary/aromatic N) is 1. The van der Waals surface area contributed by atoms with Crippen LogP contribution in [0.3, 0.4) is 0 Å². The molecule has 0 saturated carbocycles. The number of benzene rings is 1. The highest BCUT2D eigenvalue weighted by atomic mass is 15.1. The van der Waals surface area contributed by atoms with Crippen molar-refractivity contribution >= 4 is 11.4 Å². The monoisotopic (exact) mass is 262 g/mol. The van der Waals surface area contributed by atoms with Gasteiger partial charge in [-0.05, 0) is 43.5 Å². The van der Waals surface area contributed by atoms with Crippen LogP contribution >= 0.6 is 0 Å². The average molecular weight is 262 g/mol. The van der Waals surface area contributed by atoms with Gasteiger partial charge in [0.1, 0.15) is 0 Å². The zero-order chi connectivity index (χ0) is 13.9. The van der Waals surface area contributed by atoms with Gasteiger partial charge in [0.2, 0.25) is 0 Å². The van der Waals surface area contributed by atoms with Crippen LogP contribution in [0.25, 0.3) is 0 Å². The summed E-state index contributed by atoms with van der Waals surface area (Å²) < 4.78 is 0. The molecule has 0 fully saturated rings. The number of anilines is 2. The minimum atomic E-state index is 1.08. The molecule has 1 N–H and O–H groups in total. The normalized spacial score (nSPS) is 10.5. The molecule has 1 aromatic rings. The molecule has 0 radical (unpaired) electrons. The minimum Gasteiger partial charge on any atom is -0.385 e. The third-order valence-corrected chi connectivity index (χ3v) is 3.33. The second kappa shape index (κ2) is 9.71. The summed E-state index contributed by atoms with van der Waals surface area (Å²) >= 11 is 0. The molecule has 0 aliphatic rings. The van der Waals surface area contributed by atoms with Gasteiger partial charge >= 0.3 is 0 Å². The maximum absolute atomic E-state index is 3.49. The fourth-order valence-corrected chi connectivity index (χ4v) is 2.31. The third-order valence-electron chi connectivity index (χ3n) is 3.33. The summed E-state index contributed by atoms with van der Waals surface area (Å²) in [5, 5.41) is 3.49. The van der Waals surface area contributed by atoms with E-state index in [1.54, 1.807) is 0 Å². The van der Waals surface area contributed by atoms with Crippen LogP contribution in [0.4, 0.5) is 11.4 Å². The highest BCUT2D eigenvalue weighted by molar-refractivity contribution is 5.55. The van der Waals surface area contributed by atoms with Crippen molar-refractivity contribution in [2.24, 2.45) is 0 Å². The second-order valence-electron chi connectivity index (χ2n) is 5.17. The van der Waals surface area contributed by atoms with E-state index in [2.05, 4.69) is 55.3 Å². The molecule has 1 aromatic carbocycles. The van der Waals surface area contributed by atoms with Crippen LogP contribution in [0.5, 0.6) is 0 Å². The molecular formula is C17H30N2. The molecule has 0 aliphatic carbocycles. The third kappa shape index (κ3) is 6.00. The molecule has 0 bridgehead atoms. The highest BCUT2D eigenvalue weighted by Crippen LogP contribution is 2.18. The highest BCUT2D eigenvalue weighted by Gasteiger charge is 2.03. The van der Waals surface area contributed by atoms with E-state index in [9.17, 15) is 0 Å². The first-order valence-electron chi connectivity index (χ1n) is 7.90. The molecule has 0 heterocycles. The molecular weight excluding hydrogens is 232 g/mol. The Morgan fingerprint density at radius 1 is 0.842 bits per heavy atom. The standard InChI is InChI=1S/C17H30N2/c1-4-7-8-13-18-16-9-11-17(12-10-16)19(14-5-2)15-6-3/h9-12,18H,4-8,13-15H2,1-3H3. The SMILES string of the molecule is CCCCCNc1ccc(N(CCC)CCC)cc1. The quantitative estimate of drug-likeness (QED) is 0.602. The van der Waals surface area contributed by atoms with Gasteiger partial charge in [-0.2, -0.15) is 0 Å². The maximum atomic E-state index is 3.49. The Balaban J connectivity index is 2.49. The number of unbranched alkanes of at least 4 members (excludes halogenated alkanes) is 2. The van der Waals surface area contributed by atoms with Gasteiger partial charge in [-0.3, -0.25) is 0 Å². The lowest BCUT2D eigenvalue weighted by atomic mass is 10.2. The summed E-state index contributed by atoms with van der Waals surface area (Å²) in [5.41, 5.74) is 2.59. The smallest absolute Gasteiger partial charge is 0.0367 e. The maximum Gasteiger partial charge on any atom is 0.0367 e. The minimum absolute atomic E-state index is 1.08. The van der Waals surface area contributed by atoms with Crippen molar-refractivity contribution in [2.75, 3.05) is 29.9 Å². The van der Waals surface area contributed by atoms with Gasteiger partial charge in [0, 0.05) is 31.0 Å². The second-order valence-corrected chi connectivity index (χ2v) is 5.17. The molecule has 2 heteroatoms. The van der Waals surface area contributed by atoms with E-state index in [4.69, 9.17) is 0 Å². The molecule has 0 saturated heterocycles. The molecule has 0 spiro atoms. The average Bonchev–Trinajstić information content (AvgIpc) is 2.44. The van der Waals surface area contributed by atoms with Crippen molar-refractivity contribution < 1.29 is 0 Å². The molecule has 19 heavy (non-hydrogen) atoms. The lowest BCUT2D eigenvalue weighted by Crippen LogP contribution is -2.24. The Hall–Kier alpha value is -1.18. The van der Waals surface area contributed by atoms with Crippen molar-refractivity contribution in [1.29, 1.82) is 0 Å². The molecule has 1 rings (SSSR count). The fraction of sp³-hybridized carbons (Fsp3) is 0.647. The molecule has 2 nitrogen and oxygen atoms in total. The van der Waals surface area contributed by atoms with E-state index >= 15 is 0 Å². The van der Waals surface area contributed by atoms with Gasteiger partial charge in [0.15, 0.2) is 0 Å². The van der Waals surface area contributed by atoms with Crippen LogP contribution in [0.2, 0.25) is 0 Å². The van der Waals surface area contributed by atoms with Gasteiger partial charge in [-0.25, -0.2) is 0 Å². The summed E-state index contributed by atoms with van der Waals surface area (Å²) in [7, 11) is 0. The van der Waals surface area contributed by atoms with Crippen LogP contribution in [0.15, 0.2) is 24.3 Å². The Morgan fingerprint density at radius 3 is 2.00 bits per heavy atom. The molecule has 0 amide bonds. The molecule has 0 aromatic heterocycles. The number of hydrogen-bond acceptors (Lipinski definition) is 2. The molecule has 0 aliphatic heterocycles. The van der Waals surface area contributed by atoms with Gasteiger partial charge in [-0.15, -0.1) is 0 Å². The van der Waals surface area contributed by atoms with Gasteiger partial charge in [0.05, 0.1) is 0 Å². The molecule has 0 atom stereocenters. The van der Waals surface area contributed by atoms with Crippen LogP contribution < -0.4 is 10.2 Å². The Labute approximate surface area is 119 Å². The van der Waals surface area contributed by atoms with Crippen molar-refractivity contribution in [1.82, 2.24) is 0 Å². The summed E-state index contributed by atoms with van der Waals surface area (Å²) in [6.45, 7) is 10.1. The van der Waals surface area contributed by atoms with Crippen LogP contribution in [-0.4, -0.2) is 19.6 Å². The van der Waals surface area contributed by atoms with E-state index in [0.29, 0.717) is 0 Å². The van der Waals surface area contributed by atoms with E-state index in [0.717, 1.165) is 19.6 Å². The van der Waals surface area contributed by atoms with Crippen LogP contribution in [0, 0.1) is 0 Å². The van der Waals surface area contributed by atoms with E-state index in [1.165, 1.54) is 43.5 Å². The van der Waals surface area contributed by atoms with Gasteiger partial charge in [0.25, 0.3) is 0 Å². The lowest BCUT2D eigenvalue weighted by molar-refractivity contribution is 0.742. The van der Waals surface area contributed by atoms with Gasteiger partial charge < -0.3 is 10.2 Å². The van der Waals surface area contributed by atoms with E-state index < -0.39 is 0 Å². The molecule has 0 unspecified atom stereocenters. The Bertz CT molecular complexity index is 313. The van der Waals surface area contributed by atoms with Crippen LogP contribution in [-0.2, 0) is 0 Å². The number of hydrogen-bond donors (Lipinski definition) is 1.